The summed E-state index contributed by atoms with van der Waals surface area (Å²) in [7, 11) is 3.36. The molecule has 1 amide bonds. The maximum Gasteiger partial charge on any atom is 0.329 e. The minimum atomic E-state index is -0.917. The highest BCUT2D eigenvalue weighted by Crippen LogP contribution is 2.33. The van der Waals surface area contributed by atoms with Crippen LogP contribution in [0.4, 0.5) is 5.82 Å². The van der Waals surface area contributed by atoms with Gasteiger partial charge in [-0.2, -0.15) is 0 Å². The highest BCUT2D eigenvalue weighted by molar-refractivity contribution is 5.93. The molecule has 1 saturated heterocycles. The van der Waals surface area contributed by atoms with E-state index in [1.807, 2.05) is 0 Å². The summed E-state index contributed by atoms with van der Waals surface area (Å²) in [6.45, 7) is 2.37. The van der Waals surface area contributed by atoms with Gasteiger partial charge in [0.05, 0.1) is 5.56 Å². The van der Waals surface area contributed by atoms with Crippen molar-refractivity contribution in [3.05, 3.63) is 23.9 Å². The Morgan fingerprint density at radius 1 is 1.40 bits per heavy atom. The Hall–Kier alpha value is -2.11. The van der Waals surface area contributed by atoms with Gasteiger partial charge in [-0.3, -0.25) is 4.79 Å². The summed E-state index contributed by atoms with van der Waals surface area (Å²) in [4.78, 5) is 30.8. The number of carboxylic acid groups (broad SMARTS) is 1. The van der Waals surface area contributed by atoms with E-state index in [-0.39, 0.29) is 5.91 Å². The van der Waals surface area contributed by atoms with E-state index < -0.39 is 11.5 Å². The van der Waals surface area contributed by atoms with E-state index in [1.165, 1.54) is 11.1 Å². The van der Waals surface area contributed by atoms with Gasteiger partial charge in [0.1, 0.15) is 11.4 Å². The van der Waals surface area contributed by atoms with Gasteiger partial charge in [-0.25, -0.2) is 9.78 Å². The fraction of sp³-hybridized carbons (Fsp3) is 0.500. The second-order valence-electron chi connectivity index (χ2n) is 5.44. The zero-order chi connectivity index (χ0) is 14.9. The normalized spacial score (nSPS) is 21.9. The molecule has 1 fully saturated rings. The predicted octanol–water partition coefficient (Wildman–Crippen LogP) is 1.23. The molecule has 0 saturated carbocycles. The van der Waals surface area contributed by atoms with Gasteiger partial charge in [0.25, 0.3) is 5.91 Å². The van der Waals surface area contributed by atoms with Crippen molar-refractivity contribution in [1.82, 2.24) is 9.88 Å². The third-order valence-electron chi connectivity index (χ3n) is 3.78. The van der Waals surface area contributed by atoms with Crippen LogP contribution in [0.5, 0.6) is 0 Å². The molecular formula is C14H19N3O3. The topological polar surface area (TPSA) is 73.7 Å². The fourth-order valence-electron chi connectivity index (χ4n) is 2.48. The van der Waals surface area contributed by atoms with Crippen molar-refractivity contribution in [2.75, 3.05) is 25.5 Å². The molecule has 2 rings (SSSR count). The zero-order valence-electron chi connectivity index (χ0n) is 12.0. The van der Waals surface area contributed by atoms with Crippen LogP contribution in [0.15, 0.2) is 18.3 Å². The Balaban J connectivity index is 2.26. The average molecular weight is 277 g/mol. The van der Waals surface area contributed by atoms with Crippen LogP contribution in [-0.4, -0.2) is 53.0 Å². The molecule has 0 aliphatic carbocycles. The van der Waals surface area contributed by atoms with Crippen molar-refractivity contribution < 1.29 is 14.7 Å². The molecular weight excluding hydrogens is 258 g/mol. The van der Waals surface area contributed by atoms with Crippen LogP contribution in [-0.2, 0) is 4.79 Å². The smallest absolute Gasteiger partial charge is 0.329 e. The number of carbonyl (C=O) groups excluding carboxylic acids is 1. The van der Waals surface area contributed by atoms with E-state index in [1.54, 1.807) is 38.1 Å². The fourth-order valence-corrected chi connectivity index (χ4v) is 2.48. The number of carbonyl (C=O) groups is 2. The van der Waals surface area contributed by atoms with Gasteiger partial charge in [-0.05, 0) is 31.9 Å². The minimum Gasteiger partial charge on any atom is -0.480 e. The van der Waals surface area contributed by atoms with Crippen molar-refractivity contribution in [1.29, 1.82) is 0 Å². The van der Waals surface area contributed by atoms with Gasteiger partial charge < -0.3 is 14.9 Å². The van der Waals surface area contributed by atoms with Gasteiger partial charge in [-0.1, -0.05) is 0 Å². The molecule has 0 bridgehead atoms. The first-order chi connectivity index (χ1) is 9.36. The van der Waals surface area contributed by atoms with Gasteiger partial charge in [-0.15, -0.1) is 0 Å². The molecule has 6 heteroatoms. The Morgan fingerprint density at radius 2 is 2.10 bits per heavy atom. The molecule has 1 N–H and O–H groups in total. The first-order valence-corrected chi connectivity index (χ1v) is 6.55. The maximum atomic E-state index is 11.8. The summed E-state index contributed by atoms with van der Waals surface area (Å²) in [6.07, 6.45) is 2.92. The van der Waals surface area contributed by atoms with Crippen LogP contribution >= 0.6 is 0 Å². The van der Waals surface area contributed by atoms with Crippen molar-refractivity contribution in [3.63, 3.8) is 0 Å². The van der Waals surface area contributed by atoms with Crippen molar-refractivity contribution in [2.24, 2.45) is 0 Å². The number of aliphatic carboxylic acids is 1. The van der Waals surface area contributed by atoms with Crippen LogP contribution in [0.3, 0.4) is 0 Å². The van der Waals surface area contributed by atoms with Crippen LogP contribution in [0.1, 0.15) is 30.1 Å². The zero-order valence-corrected chi connectivity index (χ0v) is 12.0. The van der Waals surface area contributed by atoms with Crippen molar-refractivity contribution in [2.45, 2.75) is 25.3 Å². The number of rotatable bonds is 3. The monoisotopic (exact) mass is 277 g/mol. The van der Waals surface area contributed by atoms with Gasteiger partial charge >= 0.3 is 5.97 Å². The second-order valence-corrected chi connectivity index (χ2v) is 5.44. The molecule has 2 heterocycles. The average Bonchev–Trinajstić information content (AvgIpc) is 2.81. The number of anilines is 1. The molecule has 108 valence electrons. The number of hydrogen-bond donors (Lipinski definition) is 1. The number of hydrogen-bond acceptors (Lipinski definition) is 4. The quantitative estimate of drug-likeness (QED) is 0.899. The largest absolute Gasteiger partial charge is 0.480 e. The van der Waals surface area contributed by atoms with E-state index >= 15 is 0 Å². The number of amides is 1. The molecule has 6 nitrogen and oxygen atoms in total. The summed E-state index contributed by atoms with van der Waals surface area (Å²) < 4.78 is 0. The molecule has 1 unspecified atom stereocenters. The van der Waals surface area contributed by atoms with E-state index in [0.29, 0.717) is 24.3 Å². The summed E-state index contributed by atoms with van der Waals surface area (Å²) >= 11 is 0. The third kappa shape index (κ3) is 2.33. The summed E-state index contributed by atoms with van der Waals surface area (Å²) in [5, 5.41) is 9.39. The first kappa shape index (κ1) is 14.3. The number of aromatic nitrogens is 1. The molecule has 1 aromatic heterocycles. The summed E-state index contributed by atoms with van der Waals surface area (Å²) in [5.41, 5.74) is -0.421. The van der Waals surface area contributed by atoms with E-state index in [9.17, 15) is 14.7 Å². The lowest BCUT2D eigenvalue weighted by Crippen LogP contribution is -2.48. The van der Waals surface area contributed by atoms with Crippen LogP contribution in [0.2, 0.25) is 0 Å². The molecule has 20 heavy (non-hydrogen) atoms. The second kappa shape index (κ2) is 5.11. The number of pyridine rings is 1. The van der Waals surface area contributed by atoms with Gasteiger partial charge in [0.2, 0.25) is 0 Å². The van der Waals surface area contributed by atoms with E-state index in [2.05, 4.69) is 4.98 Å². The maximum absolute atomic E-state index is 11.8. The molecule has 0 aromatic carbocycles. The van der Waals surface area contributed by atoms with E-state index in [4.69, 9.17) is 0 Å². The third-order valence-corrected chi connectivity index (χ3v) is 3.78. The predicted molar refractivity (Wildman–Crippen MR) is 74.9 cm³/mol. The lowest BCUT2D eigenvalue weighted by Gasteiger charge is -2.32. The first-order valence-electron chi connectivity index (χ1n) is 6.55. The summed E-state index contributed by atoms with van der Waals surface area (Å²) in [6, 6.07) is 3.40. The highest BCUT2D eigenvalue weighted by Gasteiger charge is 2.44. The SMILES string of the molecule is CN(C)C(=O)c1ccc(N2CCCC2(C)C(=O)O)nc1. The van der Waals surface area contributed by atoms with Crippen LogP contribution in [0.25, 0.3) is 0 Å². The van der Waals surface area contributed by atoms with Gasteiger partial charge in [0.15, 0.2) is 0 Å². The van der Waals surface area contributed by atoms with Crippen molar-refractivity contribution >= 4 is 17.7 Å². The molecule has 0 radical (unpaired) electrons. The Morgan fingerprint density at radius 3 is 2.60 bits per heavy atom. The van der Waals surface area contributed by atoms with Crippen LogP contribution in [0, 0.1) is 0 Å². The molecule has 1 aliphatic heterocycles. The van der Waals surface area contributed by atoms with E-state index in [0.717, 1.165) is 6.42 Å². The lowest BCUT2D eigenvalue weighted by molar-refractivity contribution is -0.142. The number of nitrogens with zero attached hydrogens (tertiary/aromatic N) is 3. The Bertz CT molecular complexity index is 527. The van der Waals surface area contributed by atoms with Crippen LogP contribution < -0.4 is 4.90 Å². The Kier molecular flexibility index (Phi) is 3.65. The molecule has 1 aliphatic rings. The minimum absolute atomic E-state index is 0.119. The van der Waals surface area contributed by atoms with Crippen molar-refractivity contribution in [3.8, 4) is 0 Å². The molecule has 1 atom stereocenters. The summed E-state index contributed by atoms with van der Waals surface area (Å²) in [5.74, 6) is -0.362. The molecule has 0 spiro atoms. The lowest BCUT2D eigenvalue weighted by atomic mass is 9.99. The highest BCUT2D eigenvalue weighted by atomic mass is 16.4. The number of carboxylic acids is 1. The molecule has 1 aromatic rings. The standard InChI is InChI=1S/C14H19N3O3/c1-14(13(19)20)7-4-8-17(14)11-6-5-10(9-15-11)12(18)16(2)3/h5-6,9H,4,7-8H2,1-3H3,(H,19,20). The van der Waals surface area contributed by atoms with Gasteiger partial charge in [0, 0.05) is 26.8 Å². The Labute approximate surface area is 118 Å².